The third-order valence-corrected chi connectivity index (χ3v) is 9.23. The molecule has 0 amide bonds. The highest BCUT2D eigenvalue weighted by Crippen LogP contribution is 2.53. The lowest BCUT2D eigenvalue weighted by molar-refractivity contribution is 0.0254. The predicted octanol–water partition coefficient (Wildman–Crippen LogP) is 7.08. The molecule has 4 aromatic carbocycles. The standard InChI is InChI=1S/C34H37N3O2/c1-8-37(9-2)23-17-18-26(22(3)21-23)34(27-15-11-10-13-25(27)32(38)39-34)28-19-20-30-31-24(28)14-12-16-29(31)35(6)33(4,5)36(30)7/h10-21H,8-9H2,1-7H3. The van der Waals surface area contributed by atoms with E-state index >= 15 is 0 Å². The molecule has 1 atom stereocenters. The molecule has 2 aliphatic rings. The zero-order chi connectivity index (χ0) is 27.7. The number of carbonyl (C=O) groups is 1. The average molecular weight is 520 g/mol. The molecular weight excluding hydrogens is 482 g/mol. The van der Waals surface area contributed by atoms with E-state index in [0.717, 1.165) is 40.7 Å². The van der Waals surface area contributed by atoms with Gasteiger partial charge < -0.3 is 19.4 Å². The van der Waals surface area contributed by atoms with E-state index in [-0.39, 0.29) is 11.6 Å². The second-order valence-corrected chi connectivity index (χ2v) is 11.2. The number of nitrogens with zero attached hydrogens (tertiary/aromatic N) is 3. The molecular formula is C34H37N3O2. The van der Waals surface area contributed by atoms with Crippen LogP contribution in [-0.4, -0.2) is 38.8 Å². The van der Waals surface area contributed by atoms with Crippen molar-refractivity contribution in [3.05, 3.63) is 101 Å². The summed E-state index contributed by atoms with van der Waals surface area (Å²) in [5.74, 6) is -0.284. The molecule has 2 heterocycles. The molecule has 4 aromatic rings. The van der Waals surface area contributed by atoms with Crippen molar-refractivity contribution in [2.24, 2.45) is 0 Å². The Balaban J connectivity index is 1.69. The van der Waals surface area contributed by atoms with Crippen LogP contribution in [0.15, 0.2) is 72.8 Å². The molecule has 6 rings (SSSR count). The van der Waals surface area contributed by atoms with E-state index in [1.165, 1.54) is 22.4 Å². The van der Waals surface area contributed by atoms with Gasteiger partial charge in [-0.2, -0.15) is 0 Å². The van der Waals surface area contributed by atoms with Crippen LogP contribution in [0.1, 0.15) is 60.3 Å². The molecule has 0 fully saturated rings. The monoisotopic (exact) mass is 519 g/mol. The summed E-state index contributed by atoms with van der Waals surface area (Å²) in [6, 6.07) is 25.3. The number of rotatable bonds is 5. The lowest BCUT2D eigenvalue weighted by Gasteiger charge is -2.50. The van der Waals surface area contributed by atoms with Crippen molar-refractivity contribution in [1.82, 2.24) is 0 Å². The Morgan fingerprint density at radius 3 is 2.15 bits per heavy atom. The lowest BCUT2D eigenvalue weighted by atomic mass is 9.76. The maximum atomic E-state index is 13.5. The van der Waals surface area contributed by atoms with Crippen molar-refractivity contribution in [2.75, 3.05) is 41.9 Å². The molecule has 0 saturated heterocycles. The highest BCUT2D eigenvalue weighted by atomic mass is 16.6. The second kappa shape index (κ2) is 8.77. The van der Waals surface area contributed by atoms with Gasteiger partial charge in [-0.3, -0.25) is 0 Å². The fourth-order valence-corrected chi connectivity index (χ4v) is 6.64. The first-order valence-electron chi connectivity index (χ1n) is 13.9. The number of benzene rings is 4. The first-order chi connectivity index (χ1) is 18.7. The van der Waals surface area contributed by atoms with Gasteiger partial charge >= 0.3 is 5.97 Å². The molecule has 5 nitrogen and oxygen atoms in total. The highest BCUT2D eigenvalue weighted by Gasteiger charge is 2.50. The summed E-state index contributed by atoms with van der Waals surface area (Å²) in [4.78, 5) is 20.5. The first-order valence-corrected chi connectivity index (χ1v) is 13.9. The molecule has 1 unspecified atom stereocenters. The molecule has 0 N–H and O–H groups in total. The summed E-state index contributed by atoms with van der Waals surface area (Å²) in [5, 5.41) is 2.27. The Labute approximate surface area is 231 Å². The van der Waals surface area contributed by atoms with Crippen molar-refractivity contribution < 1.29 is 9.53 Å². The van der Waals surface area contributed by atoms with Crippen LogP contribution in [0.3, 0.4) is 0 Å². The fraction of sp³-hybridized carbons (Fsp3) is 0.324. The van der Waals surface area contributed by atoms with Crippen molar-refractivity contribution in [3.8, 4) is 0 Å². The zero-order valence-corrected chi connectivity index (χ0v) is 24.0. The zero-order valence-electron chi connectivity index (χ0n) is 24.0. The van der Waals surface area contributed by atoms with Gasteiger partial charge in [-0.25, -0.2) is 4.79 Å². The fourth-order valence-electron chi connectivity index (χ4n) is 6.64. The van der Waals surface area contributed by atoms with Crippen molar-refractivity contribution in [2.45, 2.75) is 45.9 Å². The largest absolute Gasteiger partial charge is 0.441 e. The normalized spacial score (nSPS) is 19.3. The Kier molecular flexibility index (Phi) is 5.69. The molecule has 0 spiro atoms. The van der Waals surface area contributed by atoms with Crippen molar-refractivity contribution >= 4 is 33.8 Å². The molecule has 0 aliphatic carbocycles. The van der Waals surface area contributed by atoms with E-state index in [2.05, 4.69) is 118 Å². The van der Waals surface area contributed by atoms with Gasteiger partial charge in [-0.05, 0) is 75.9 Å². The third kappa shape index (κ3) is 3.35. The SMILES string of the molecule is CCN(CC)c1ccc(C2(c3ccc4c5c(cccc35)N(C)C(C)(C)N4C)OC(=O)c3ccccc32)c(C)c1. The summed E-state index contributed by atoms with van der Waals surface area (Å²) < 4.78 is 6.58. The van der Waals surface area contributed by atoms with E-state index in [4.69, 9.17) is 4.74 Å². The first kappa shape index (κ1) is 25.3. The van der Waals surface area contributed by atoms with E-state index in [9.17, 15) is 4.79 Å². The average Bonchev–Trinajstić information content (AvgIpc) is 3.24. The number of hydrogen-bond acceptors (Lipinski definition) is 5. The van der Waals surface area contributed by atoms with Gasteiger partial charge in [0.05, 0.1) is 5.56 Å². The minimum Gasteiger partial charge on any atom is -0.441 e. The van der Waals surface area contributed by atoms with Crippen LogP contribution in [0.25, 0.3) is 10.8 Å². The molecule has 0 bridgehead atoms. The van der Waals surface area contributed by atoms with Gasteiger partial charge in [0.1, 0.15) is 5.66 Å². The lowest BCUT2D eigenvalue weighted by Crippen LogP contribution is -2.56. The Morgan fingerprint density at radius 1 is 0.795 bits per heavy atom. The minimum atomic E-state index is -1.05. The molecule has 39 heavy (non-hydrogen) atoms. The van der Waals surface area contributed by atoms with E-state index in [1.807, 2.05) is 18.2 Å². The van der Waals surface area contributed by atoms with Crippen LogP contribution >= 0.6 is 0 Å². The van der Waals surface area contributed by atoms with Gasteiger partial charge in [0, 0.05) is 66.3 Å². The van der Waals surface area contributed by atoms with Gasteiger partial charge in [-0.15, -0.1) is 0 Å². The Hall–Kier alpha value is -3.99. The Bertz CT molecular complexity index is 1600. The van der Waals surface area contributed by atoms with E-state index in [1.54, 1.807) is 0 Å². The predicted molar refractivity (Wildman–Crippen MR) is 161 cm³/mol. The number of carbonyl (C=O) groups excluding carboxylic acids is 1. The van der Waals surface area contributed by atoms with Gasteiger partial charge in [0.25, 0.3) is 0 Å². The van der Waals surface area contributed by atoms with Gasteiger partial charge in [0.2, 0.25) is 0 Å². The van der Waals surface area contributed by atoms with Gasteiger partial charge in [0.15, 0.2) is 5.60 Å². The number of cyclic esters (lactones) is 1. The topological polar surface area (TPSA) is 36.0 Å². The van der Waals surface area contributed by atoms with Crippen LogP contribution in [-0.2, 0) is 10.3 Å². The molecule has 0 saturated carbocycles. The van der Waals surface area contributed by atoms with Crippen LogP contribution in [0.2, 0.25) is 0 Å². The summed E-state index contributed by atoms with van der Waals surface area (Å²) in [6.45, 7) is 12.8. The molecule has 0 radical (unpaired) electrons. The van der Waals surface area contributed by atoms with Crippen molar-refractivity contribution in [3.63, 3.8) is 0 Å². The summed E-state index contributed by atoms with van der Waals surface area (Å²) >= 11 is 0. The highest BCUT2D eigenvalue weighted by molar-refractivity contribution is 6.09. The smallest absolute Gasteiger partial charge is 0.340 e. The number of anilines is 3. The number of fused-ring (bicyclic) bond motifs is 1. The van der Waals surface area contributed by atoms with Crippen LogP contribution < -0.4 is 14.7 Å². The maximum absolute atomic E-state index is 13.5. The minimum absolute atomic E-state index is 0.191. The summed E-state index contributed by atoms with van der Waals surface area (Å²) in [7, 11) is 4.30. The number of aryl methyl sites for hydroxylation is 1. The molecule has 0 aromatic heterocycles. The summed E-state index contributed by atoms with van der Waals surface area (Å²) in [5.41, 5.74) is 6.88. The Morgan fingerprint density at radius 2 is 1.46 bits per heavy atom. The van der Waals surface area contributed by atoms with Crippen molar-refractivity contribution in [1.29, 1.82) is 0 Å². The van der Waals surface area contributed by atoms with Gasteiger partial charge in [-0.1, -0.05) is 42.5 Å². The number of esters is 1. The molecule has 200 valence electrons. The number of hydrogen-bond donors (Lipinski definition) is 0. The van der Waals surface area contributed by atoms with Crippen LogP contribution in [0.4, 0.5) is 17.1 Å². The van der Waals surface area contributed by atoms with Crippen LogP contribution in [0.5, 0.6) is 0 Å². The van der Waals surface area contributed by atoms with Crippen LogP contribution in [0, 0.1) is 6.92 Å². The van der Waals surface area contributed by atoms with E-state index in [0.29, 0.717) is 5.56 Å². The maximum Gasteiger partial charge on any atom is 0.340 e. The second-order valence-electron chi connectivity index (χ2n) is 11.2. The molecule has 5 heteroatoms. The molecule has 2 aliphatic heterocycles. The summed E-state index contributed by atoms with van der Waals surface area (Å²) in [6.07, 6.45) is 0. The number of ether oxygens (including phenoxy) is 1. The van der Waals surface area contributed by atoms with E-state index < -0.39 is 5.60 Å². The quantitative estimate of drug-likeness (QED) is 0.263. The third-order valence-electron chi connectivity index (χ3n) is 9.23.